The maximum Gasteiger partial charge on any atom is 0.271 e. The summed E-state index contributed by atoms with van der Waals surface area (Å²) in [6.45, 7) is 4.01. The number of nitrogens with zero attached hydrogens (tertiary/aromatic N) is 4. The highest BCUT2D eigenvalue weighted by molar-refractivity contribution is 6.30. The molecule has 8 heteroatoms. The number of hydrogen-bond donors (Lipinski definition) is 0. The summed E-state index contributed by atoms with van der Waals surface area (Å²) in [5.74, 6) is -0.430. The highest BCUT2D eigenvalue weighted by atomic mass is 35.5. The Balaban J connectivity index is 1.41. The molecule has 5 aromatic rings. The number of carbonyl (C=O) groups excluding carboxylic acids is 2. The molecular weight excluding hydrogens is 596 g/mol. The summed E-state index contributed by atoms with van der Waals surface area (Å²) in [5.41, 5.74) is 6.21. The lowest BCUT2D eigenvalue weighted by Gasteiger charge is -2.27. The lowest BCUT2D eigenvalue weighted by molar-refractivity contribution is -0.141. The minimum absolute atomic E-state index is 0.0525. The number of carbonyl (C=O) groups is 2. The molecule has 1 aliphatic heterocycles. The average molecular weight is 625 g/mol. The van der Waals surface area contributed by atoms with E-state index in [4.69, 9.17) is 21.4 Å². The molecule has 0 saturated heterocycles. The fraction of sp³-hybridized carbons (Fsp3) is 0.105. The molecule has 6 rings (SSSR count). The van der Waals surface area contributed by atoms with E-state index in [0.29, 0.717) is 34.2 Å². The van der Waals surface area contributed by atoms with Gasteiger partial charge in [-0.3, -0.25) is 14.5 Å². The van der Waals surface area contributed by atoms with E-state index in [-0.39, 0.29) is 17.7 Å². The van der Waals surface area contributed by atoms with Crippen LogP contribution >= 0.6 is 11.6 Å². The molecule has 0 fully saturated rings. The minimum atomic E-state index is -0.603. The summed E-state index contributed by atoms with van der Waals surface area (Å²) in [4.78, 5) is 28.4. The second-order valence-electron chi connectivity index (χ2n) is 11.0. The zero-order valence-electron chi connectivity index (χ0n) is 25.3. The zero-order chi connectivity index (χ0) is 32.2. The van der Waals surface area contributed by atoms with Gasteiger partial charge in [-0.1, -0.05) is 83.9 Å². The summed E-state index contributed by atoms with van der Waals surface area (Å²) in [6.07, 6.45) is 3.55. The van der Waals surface area contributed by atoms with E-state index in [1.807, 2.05) is 122 Å². The summed E-state index contributed by atoms with van der Waals surface area (Å²) in [5, 5.41) is 15.5. The zero-order valence-corrected chi connectivity index (χ0v) is 26.0. The molecule has 46 heavy (non-hydrogen) atoms. The molecule has 0 aliphatic carbocycles. The Bertz CT molecular complexity index is 2040. The maximum absolute atomic E-state index is 13.9. The van der Waals surface area contributed by atoms with Crippen LogP contribution in [-0.4, -0.2) is 26.5 Å². The predicted octanol–water partition coefficient (Wildman–Crippen LogP) is 7.87. The Labute approximate surface area is 272 Å². The molecule has 0 spiro atoms. The summed E-state index contributed by atoms with van der Waals surface area (Å²) >= 11 is 6.03. The molecule has 4 aromatic carbocycles. The lowest BCUT2D eigenvalue weighted by Crippen LogP contribution is -2.42. The van der Waals surface area contributed by atoms with Gasteiger partial charge in [0.2, 0.25) is 0 Å². The van der Waals surface area contributed by atoms with E-state index >= 15 is 0 Å². The summed E-state index contributed by atoms with van der Waals surface area (Å²) in [7, 11) is 0. The first kappa shape index (κ1) is 30.3. The highest BCUT2D eigenvalue weighted by Crippen LogP contribution is 2.33. The van der Waals surface area contributed by atoms with Crippen LogP contribution in [-0.2, 0) is 22.7 Å². The predicted molar refractivity (Wildman–Crippen MR) is 178 cm³/mol. The molecule has 2 heterocycles. The molecule has 2 amide bonds. The molecule has 1 aromatic heterocycles. The van der Waals surface area contributed by atoms with Crippen molar-refractivity contribution in [3.8, 4) is 28.8 Å². The molecule has 0 saturated carbocycles. The van der Waals surface area contributed by atoms with Crippen molar-refractivity contribution in [3.63, 3.8) is 0 Å². The first-order valence-electron chi connectivity index (χ1n) is 14.7. The molecule has 226 valence electrons. The quantitative estimate of drug-likeness (QED) is 0.129. The molecular formula is C38H29ClN4O3. The van der Waals surface area contributed by atoms with Crippen LogP contribution < -0.4 is 4.74 Å². The number of halogens is 1. The number of imide groups is 1. The fourth-order valence-corrected chi connectivity index (χ4v) is 5.34. The smallest absolute Gasteiger partial charge is 0.271 e. The van der Waals surface area contributed by atoms with Gasteiger partial charge in [0, 0.05) is 27.9 Å². The third kappa shape index (κ3) is 6.39. The Kier molecular flexibility index (Phi) is 8.64. The van der Waals surface area contributed by atoms with Gasteiger partial charge < -0.3 is 4.74 Å². The molecule has 7 nitrogen and oxygen atoms in total. The molecule has 1 aliphatic rings. The van der Waals surface area contributed by atoms with Gasteiger partial charge in [0.15, 0.2) is 0 Å². The van der Waals surface area contributed by atoms with E-state index in [1.165, 1.54) is 0 Å². The third-order valence-corrected chi connectivity index (χ3v) is 8.03. The second kappa shape index (κ2) is 13.1. The standard InChI is InChI=1S/C38H29ClN4O3/c1-25-11-13-27(14-12-25)22-42-37(44)34(26(2)35(21-40)38(42)45)20-30-23-43(32-8-4-3-5-9-32)41-36(30)29-7-6-10-33(19-29)46-24-28-15-17-31(39)18-16-28/h3-20,23H,22,24H2,1-2H3/b34-20+. The number of ether oxygens (including phenoxy) is 1. The van der Waals surface area contributed by atoms with Gasteiger partial charge in [-0.25, -0.2) is 4.68 Å². The van der Waals surface area contributed by atoms with Crippen molar-refractivity contribution in [1.29, 1.82) is 5.26 Å². The van der Waals surface area contributed by atoms with Crippen molar-refractivity contribution < 1.29 is 14.3 Å². The number of para-hydroxylation sites is 1. The van der Waals surface area contributed by atoms with Gasteiger partial charge in [-0.2, -0.15) is 10.4 Å². The first-order valence-corrected chi connectivity index (χ1v) is 15.1. The topological polar surface area (TPSA) is 88.2 Å². The summed E-state index contributed by atoms with van der Waals surface area (Å²) in [6, 6.07) is 34.3. The van der Waals surface area contributed by atoms with Crippen molar-refractivity contribution >= 4 is 29.5 Å². The molecule has 0 unspecified atom stereocenters. The van der Waals surface area contributed by atoms with E-state index in [2.05, 4.69) is 0 Å². The number of benzene rings is 4. The lowest BCUT2D eigenvalue weighted by atomic mass is 9.93. The van der Waals surface area contributed by atoms with Crippen molar-refractivity contribution in [2.75, 3.05) is 0 Å². The molecule has 0 bridgehead atoms. The maximum atomic E-state index is 13.9. The SMILES string of the molecule is CC1=C(C#N)C(=O)N(Cc2ccc(C)cc2)C(=O)/C1=C/c1cn(-c2ccccc2)nc1-c1cccc(OCc2ccc(Cl)cc2)c1. The van der Waals surface area contributed by atoms with Crippen LogP contribution in [0.25, 0.3) is 23.0 Å². The van der Waals surface area contributed by atoms with Crippen LogP contribution in [0.15, 0.2) is 126 Å². The number of nitriles is 1. The Hall–Kier alpha value is -5.71. The number of rotatable bonds is 8. The van der Waals surface area contributed by atoms with Crippen LogP contribution in [0.4, 0.5) is 0 Å². The van der Waals surface area contributed by atoms with Gasteiger partial charge in [0.1, 0.15) is 29.7 Å². The van der Waals surface area contributed by atoms with E-state index < -0.39 is 11.8 Å². The first-order chi connectivity index (χ1) is 22.3. The van der Waals surface area contributed by atoms with Gasteiger partial charge in [0.05, 0.1) is 12.2 Å². The van der Waals surface area contributed by atoms with Crippen LogP contribution in [0.1, 0.15) is 29.2 Å². The van der Waals surface area contributed by atoms with Gasteiger partial charge >= 0.3 is 0 Å². The second-order valence-corrected chi connectivity index (χ2v) is 11.4. The highest BCUT2D eigenvalue weighted by Gasteiger charge is 2.35. The average Bonchev–Trinajstić information content (AvgIpc) is 3.50. The van der Waals surface area contributed by atoms with E-state index in [0.717, 1.165) is 32.8 Å². The monoisotopic (exact) mass is 624 g/mol. The normalized spacial score (nSPS) is 14.1. The van der Waals surface area contributed by atoms with Gasteiger partial charge in [-0.15, -0.1) is 0 Å². The molecule has 0 N–H and O–H groups in total. The van der Waals surface area contributed by atoms with Crippen LogP contribution in [0.5, 0.6) is 5.75 Å². The van der Waals surface area contributed by atoms with Crippen molar-refractivity contribution in [2.45, 2.75) is 27.0 Å². The summed E-state index contributed by atoms with van der Waals surface area (Å²) < 4.78 is 7.84. The van der Waals surface area contributed by atoms with E-state index in [9.17, 15) is 14.9 Å². The number of aromatic nitrogens is 2. The fourth-order valence-electron chi connectivity index (χ4n) is 5.22. The minimum Gasteiger partial charge on any atom is -0.489 e. The van der Waals surface area contributed by atoms with Gasteiger partial charge in [-0.05, 0) is 73.0 Å². The number of hydrogen-bond acceptors (Lipinski definition) is 5. The Morgan fingerprint density at radius 3 is 2.30 bits per heavy atom. The van der Waals surface area contributed by atoms with Crippen molar-refractivity contribution in [2.24, 2.45) is 0 Å². The van der Waals surface area contributed by atoms with Crippen molar-refractivity contribution in [3.05, 3.63) is 153 Å². The molecule has 0 radical (unpaired) electrons. The number of aryl methyl sites for hydroxylation is 1. The number of amides is 2. The van der Waals surface area contributed by atoms with Crippen LogP contribution in [0.2, 0.25) is 5.02 Å². The van der Waals surface area contributed by atoms with Crippen LogP contribution in [0.3, 0.4) is 0 Å². The Morgan fingerprint density at radius 1 is 0.870 bits per heavy atom. The van der Waals surface area contributed by atoms with E-state index in [1.54, 1.807) is 17.7 Å². The van der Waals surface area contributed by atoms with Crippen molar-refractivity contribution in [1.82, 2.24) is 14.7 Å². The van der Waals surface area contributed by atoms with Gasteiger partial charge in [0.25, 0.3) is 11.8 Å². The third-order valence-electron chi connectivity index (χ3n) is 7.78. The largest absolute Gasteiger partial charge is 0.489 e. The van der Waals surface area contributed by atoms with Crippen LogP contribution in [0, 0.1) is 18.3 Å². The Morgan fingerprint density at radius 2 is 1.59 bits per heavy atom. The molecule has 0 atom stereocenters.